The van der Waals surface area contributed by atoms with Crippen LogP contribution in [0.4, 0.5) is 5.82 Å². The average Bonchev–Trinajstić information content (AvgIpc) is 2.73. The monoisotopic (exact) mass is 372 g/mol. The van der Waals surface area contributed by atoms with Gasteiger partial charge in [-0.15, -0.1) is 10.2 Å². The zero-order chi connectivity index (χ0) is 18.9. The molecule has 0 unspecified atom stereocenters. The number of hydrogen-bond donors (Lipinski definition) is 1. The molecule has 0 spiro atoms. The van der Waals surface area contributed by atoms with Crippen molar-refractivity contribution in [2.45, 2.75) is 26.2 Å². The number of nitrogens with zero attached hydrogens (tertiary/aromatic N) is 5. The van der Waals surface area contributed by atoms with Gasteiger partial charge in [-0.3, -0.25) is 4.79 Å². The summed E-state index contributed by atoms with van der Waals surface area (Å²) >= 11 is 0. The number of carbonyl (C=O) groups excluding carboxylic acids is 1. The van der Waals surface area contributed by atoms with Crippen molar-refractivity contribution in [2.24, 2.45) is 0 Å². The van der Waals surface area contributed by atoms with Gasteiger partial charge in [0.05, 0.1) is 13.2 Å². The number of amides is 1. The van der Waals surface area contributed by atoms with Crippen LogP contribution >= 0.6 is 0 Å². The van der Waals surface area contributed by atoms with Gasteiger partial charge in [-0.25, -0.2) is 9.97 Å². The van der Waals surface area contributed by atoms with E-state index in [2.05, 4.69) is 30.4 Å². The summed E-state index contributed by atoms with van der Waals surface area (Å²) in [6, 6.07) is 5.03. The highest BCUT2D eigenvalue weighted by Gasteiger charge is 2.13. The van der Waals surface area contributed by atoms with Crippen molar-refractivity contribution >= 4 is 11.7 Å². The number of hydrogen-bond acceptors (Lipinski definition) is 8. The maximum Gasteiger partial charge on any atom is 0.271 e. The van der Waals surface area contributed by atoms with Crippen LogP contribution in [0.3, 0.4) is 0 Å². The zero-order valence-corrected chi connectivity index (χ0v) is 15.4. The predicted molar refractivity (Wildman–Crippen MR) is 99.1 cm³/mol. The fourth-order valence-electron chi connectivity index (χ4n) is 2.78. The molecule has 0 aliphatic carbocycles. The summed E-state index contributed by atoms with van der Waals surface area (Å²) in [4.78, 5) is 22.7. The Morgan fingerprint density at radius 3 is 2.70 bits per heavy atom. The topological polar surface area (TPSA) is 102 Å². The van der Waals surface area contributed by atoms with Crippen LogP contribution in [0.2, 0.25) is 0 Å². The summed E-state index contributed by atoms with van der Waals surface area (Å²) < 4.78 is 10.8. The van der Waals surface area contributed by atoms with Crippen LogP contribution in [-0.4, -0.2) is 58.9 Å². The van der Waals surface area contributed by atoms with Crippen LogP contribution in [0.25, 0.3) is 0 Å². The minimum absolute atomic E-state index is 0.230. The minimum atomic E-state index is -0.314. The van der Waals surface area contributed by atoms with Crippen LogP contribution in [0.1, 0.15) is 36.7 Å². The molecule has 0 radical (unpaired) electrons. The summed E-state index contributed by atoms with van der Waals surface area (Å²) in [7, 11) is 0. The van der Waals surface area contributed by atoms with Crippen LogP contribution < -0.4 is 19.7 Å². The highest BCUT2D eigenvalue weighted by atomic mass is 16.5. The molecule has 1 aliphatic heterocycles. The van der Waals surface area contributed by atoms with E-state index in [4.69, 9.17) is 9.47 Å². The minimum Gasteiger partial charge on any atom is -0.477 e. The van der Waals surface area contributed by atoms with E-state index >= 15 is 0 Å². The van der Waals surface area contributed by atoms with E-state index < -0.39 is 0 Å². The van der Waals surface area contributed by atoms with Gasteiger partial charge >= 0.3 is 0 Å². The summed E-state index contributed by atoms with van der Waals surface area (Å²) in [6.07, 6.45) is 5.14. The summed E-state index contributed by atoms with van der Waals surface area (Å²) in [5, 5.41) is 10.4. The van der Waals surface area contributed by atoms with Crippen LogP contribution in [0.15, 0.2) is 24.5 Å². The van der Waals surface area contributed by atoms with Gasteiger partial charge in [0.25, 0.3) is 5.91 Å². The highest BCUT2D eigenvalue weighted by molar-refractivity contribution is 5.92. The Balaban J connectivity index is 1.43. The van der Waals surface area contributed by atoms with Gasteiger partial charge < -0.3 is 19.7 Å². The first-order valence-corrected chi connectivity index (χ1v) is 9.21. The van der Waals surface area contributed by atoms with Gasteiger partial charge in [0.1, 0.15) is 18.8 Å². The summed E-state index contributed by atoms with van der Waals surface area (Å²) in [5.74, 6) is 1.46. The first-order chi connectivity index (χ1) is 13.3. The largest absolute Gasteiger partial charge is 0.477 e. The molecular weight excluding hydrogens is 348 g/mol. The van der Waals surface area contributed by atoms with Crippen molar-refractivity contribution in [3.63, 3.8) is 0 Å². The Bertz CT molecular complexity index is 734. The lowest BCUT2D eigenvalue weighted by Gasteiger charge is -2.27. The smallest absolute Gasteiger partial charge is 0.271 e. The Morgan fingerprint density at radius 1 is 1.11 bits per heavy atom. The average molecular weight is 372 g/mol. The van der Waals surface area contributed by atoms with E-state index in [1.165, 1.54) is 25.6 Å². The fourth-order valence-corrected chi connectivity index (χ4v) is 2.78. The maximum atomic E-state index is 12.0. The van der Waals surface area contributed by atoms with Crippen molar-refractivity contribution in [3.8, 4) is 11.8 Å². The molecule has 1 saturated heterocycles. The number of ether oxygens (including phenoxy) is 2. The molecule has 1 fully saturated rings. The normalized spacial score (nSPS) is 13.9. The van der Waals surface area contributed by atoms with E-state index in [1.54, 1.807) is 12.1 Å². The van der Waals surface area contributed by atoms with Gasteiger partial charge in [-0.05, 0) is 32.3 Å². The van der Waals surface area contributed by atoms with Crippen LogP contribution in [0.5, 0.6) is 11.8 Å². The number of aromatic nitrogens is 4. The molecule has 1 amide bonds. The zero-order valence-electron chi connectivity index (χ0n) is 15.4. The summed E-state index contributed by atoms with van der Waals surface area (Å²) in [5.41, 5.74) is 0.230. The molecule has 0 aromatic carbocycles. The fraction of sp³-hybridized carbons (Fsp3) is 0.500. The molecule has 9 nitrogen and oxygen atoms in total. The Kier molecular flexibility index (Phi) is 6.72. The standard InChI is InChI=1S/C18H24N6O3/c1-2-26-16-7-6-14(22-23-16)18(25)19-8-11-27-17-12-15(20-13-21-17)24-9-4-3-5-10-24/h6-7,12-13H,2-5,8-11H2,1H3,(H,19,25). The van der Waals surface area contributed by atoms with E-state index in [-0.39, 0.29) is 11.6 Å². The third-order valence-corrected chi connectivity index (χ3v) is 4.11. The predicted octanol–water partition coefficient (Wildman–Crippen LogP) is 1.46. The number of carbonyl (C=O) groups is 1. The maximum absolute atomic E-state index is 12.0. The number of nitrogens with one attached hydrogen (secondary N) is 1. The molecule has 3 rings (SSSR count). The first-order valence-electron chi connectivity index (χ1n) is 9.21. The molecular formula is C18H24N6O3. The van der Waals surface area contributed by atoms with Crippen molar-refractivity contribution in [2.75, 3.05) is 37.7 Å². The first kappa shape index (κ1) is 18.8. The van der Waals surface area contributed by atoms with Crippen molar-refractivity contribution in [1.29, 1.82) is 0 Å². The molecule has 2 aromatic rings. The molecule has 144 valence electrons. The van der Waals surface area contributed by atoms with Crippen molar-refractivity contribution in [3.05, 3.63) is 30.2 Å². The second-order valence-corrected chi connectivity index (χ2v) is 6.06. The highest BCUT2D eigenvalue weighted by Crippen LogP contribution is 2.19. The lowest BCUT2D eigenvalue weighted by molar-refractivity contribution is 0.0940. The third kappa shape index (κ3) is 5.50. The molecule has 0 atom stereocenters. The molecule has 0 saturated carbocycles. The molecule has 2 aromatic heterocycles. The number of piperidine rings is 1. The van der Waals surface area contributed by atoms with E-state index in [9.17, 15) is 4.79 Å². The van der Waals surface area contributed by atoms with E-state index in [0.717, 1.165) is 18.9 Å². The second-order valence-electron chi connectivity index (χ2n) is 6.06. The Morgan fingerprint density at radius 2 is 1.96 bits per heavy atom. The SMILES string of the molecule is CCOc1ccc(C(=O)NCCOc2cc(N3CCCCC3)ncn2)nn1. The van der Waals surface area contributed by atoms with E-state index in [0.29, 0.717) is 31.5 Å². The van der Waals surface area contributed by atoms with Crippen molar-refractivity contribution < 1.29 is 14.3 Å². The van der Waals surface area contributed by atoms with Gasteiger partial charge in [0.2, 0.25) is 11.8 Å². The number of anilines is 1. The van der Waals surface area contributed by atoms with Gasteiger partial charge in [-0.1, -0.05) is 0 Å². The van der Waals surface area contributed by atoms with Gasteiger partial charge in [-0.2, -0.15) is 0 Å². The quantitative estimate of drug-likeness (QED) is 0.695. The molecule has 3 heterocycles. The summed E-state index contributed by atoms with van der Waals surface area (Å²) in [6.45, 7) is 5.00. The lowest BCUT2D eigenvalue weighted by Crippen LogP contribution is -2.30. The third-order valence-electron chi connectivity index (χ3n) is 4.11. The Labute approximate surface area is 158 Å². The molecule has 1 N–H and O–H groups in total. The molecule has 1 aliphatic rings. The molecule has 9 heteroatoms. The van der Waals surface area contributed by atoms with Crippen molar-refractivity contribution in [1.82, 2.24) is 25.5 Å². The van der Waals surface area contributed by atoms with E-state index in [1.807, 2.05) is 13.0 Å². The number of rotatable bonds is 8. The molecule has 0 bridgehead atoms. The molecule has 27 heavy (non-hydrogen) atoms. The van der Waals surface area contributed by atoms with Gasteiger partial charge in [0, 0.05) is 25.2 Å². The second kappa shape index (κ2) is 9.65. The lowest BCUT2D eigenvalue weighted by atomic mass is 10.1. The van der Waals surface area contributed by atoms with Crippen LogP contribution in [-0.2, 0) is 0 Å². The van der Waals surface area contributed by atoms with Crippen LogP contribution in [0, 0.1) is 0 Å². The van der Waals surface area contributed by atoms with Gasteiger partial charge in [0.15, 0.2) is 5.69 Å². The Hall–Kier alpha value is -2.97.